The van der Waals surface area contributed by atoms with Crippen molar-refractivity contribution in [3.8, 4) is 0 Å². The maximum absolute atomic E-state index is 13.0. The normalized spacial score (nSPS) is 17.1. The first kappa shape index (κ1) is 23.7. The van der Waals surface area contributed by atoms with Crippen LogP contribution in [-0.4, -0.2) is 68.8 Å². The van der Waals surface area contributed by atoms with Crippen LogP contribution in [0.1, 0.15) is 28.8 Å². The lowest BCUT2D eigenvalue weighted by molar-refractivity contribution is -0.122. The number of sulfonamides is 1. The van der Waals surface area contributed by atoms with E-state index in [2.05, 4.69) is 10.0 Å². The van der Waals surface area contributed by atoms with Crippen molar-refractivity contribution in [3.05, 3.63) is 64.7 Å². The molecule has 1 heterocycles. The quantitative estimate of drug-likeness (QED) is 0.588. The second-order valence-corrected chi connectivity index (χ2v) is 10.5. The fraction of sp³-hybridized carbons (Fsp3) is 0.391. The Morgan fingerprint density at radius 2 is 1.70 bits per heavy atom. The Morgan fingerprint density at radius 3 is 2.36 bits per heavy atom. The Kier molecular flexibility index (Phi) is 7.33. The second kappa shape index (κ2) is 10.2. The van der Waals surface area contributed by atoms with Gasteiger partial charge < -0.3 is 10.2 Å². The number of carbonyl (C=O) groups is 2. The average Bonchev–Trinajstić information content (AvgIpc) is 3.62. The van der Waals surface area contributed by atoms with E-state index in [9.17, 15) is 18.0 Å². The first-order chi connectivity index (χ1) is 15.8. The topological polar surface area (TPSA) is 98.8 Å². The number of hydrogen-bond acceptors (Lipinski definition) is 5. The van der Waals surface area contributed by atoms with Gasteiger partial charge in [0.05, 0.1) is 11.6 Å². The van der Waals surface area contributed by atoms with Gasteiger partial charge in [0, 0.05) is 44.3 Å². The van der Waals surface area contributed by atoms with E-state index in [1.54, 1.807) is 4.90 Å². The lowest BCUT2D eigenvalue weighted by Gasteiger charge is -2.34. The number of carbonyl (C=O) groups excluding carboxylic acids is 2. The summed E-state index contributed by atoms with van der Waals surface area (Å²) < 4.78 is 28.2. The standard InChI is InChI=1S/C23H27ClN4O4S/c24-20-9-6-18(14-21(20)33(31,32)25-15-17-4-2-1-3-5-17)23(30)28-12-10-27(11-13-28)16-22(29)26-19-7-8-19/h1-6,9,14,19,25H,7-8,10-13,15-16H2,(H,26,29). The van der Waals surface area contributed by atoms with Gasteiger partial charge in [-0.1, -0.05) is 41.9 Å². The summed E-state index contributed by atoms with van der Waals surface area (Å²) in [6.45, 7) is 2.55. The summed E-state index contributed by atoms with van der Waals surface area (Å²) in [5.74, 6) is -0.235. The molecule has 1 saturated carbocycles. The fourth-order valence-corrected chi connectivity index (χ4v) is 5.23. The van der Waals surface area contributed by atoms with Gasteiger partial charge in [0.1, 0.15) is 4.90 Å². The van der Waals surface area contributed by atoms with Crippen LogP contribution >= 0.6 is 11.6 Å². The van der Waals surface area contributed by atoms with Gasteiger partial charge in [0.2, 0.25) is 15.9 Å². The minimum atomic E-state index is -3.91. The smallest absolute Gasteiger partial charge is 0.253 e. The van der Waals surface area contributed by atoms with Crippen LogP contribution in [0.3, 0.4) is 0 Å². The molecule has 1 saturated heterocycles. The zero-order valence-electron chi connectivity index (χ0n) is 18.2. The summed E-state index contributed by atoms with van der Waals surface area (Å²) in [6, 6.07) is 13.8. The predicted octanol–water partition coefficient (Wildman–Crippen LogP) is 1.85. The highest BCUT2D eigenvalue weighted by Crippen LogP contribution is 2.24. The Balaban J connectivity index is 1.37. The van der Waals surface area contributed by atoms with Crippen molar-refractivity contribution in [1.29, 1.82) is 0 Å². The van der Waals surface area contributed by atoms with E-state index in [0.29, 0.717) is 38.8 Å². The number of nitrogens with one attached hydrogen (secondary N) is 2. The summed E-state index contributed by atoms with van der Waals surface area (Å²) in [4.78, 5) is 28.6. The van der Waals surface area contributed by atoms with Gasteiger partial charge in [-0.2, -0.15) is 0 Å². The largest absolute Gasteiger partial charge is 0.352 e. The van der Waals surface area contributed by atoms with Crippen LogP contribution in [0.2, 0.25) is 5.02 Å². The van der Waals surface area contributed by atoms with Gasteiger partial charge in [-0.05, 0) is 36.6 Å². The van der Waals surface area contributed by atoms with E-state index >= 15 is 0 Å². The van der Waals surface area contributed by atoms with E-state index in [0.717, 1.165) is 18.4 Å². The molecular weight excluding hydrogens is 464 g/mol. The van der Waals surface area contributed by atoms with Crippen molar-refractivity contribution in [2.24, 2.45) is 0 Å². The first-order valence-corrected chi connectivity index (χ1v) is 12.8. The Bertz CT molecular complexity index is 1110. The molecule has 2 aliphatic rings. The molecule has 2 amide bonds. The lowest BCUT2D eigenvalue weighted by atomic mass is 10.2. The van der Waals surface area contributed by atoms with Crippen LogP contribution in [-0.2, 0) is 21.4 Å². The summed E-state index contributed by atoms with van der Waals surface area (Å²) >= 11 is 6.17. The zero-order valence-corrected chi connectivity index (χ0v) is 19.7. The summed E-state index contributed by atoms with van der Waals surface area (Å²) in [7, 11) is -3.91. The summed E-state index contributed by atoms with van der Waals surface area (Å²) in [5, 5.41) is 3.03. The van der Waals surface area contributed by atoms with Crippen molar-refractivity contribution in [2.75, 3.05) is 32.7 Å². The number of hydrogen-bond donors (Lipinski definition) is 2. The van der Waals surface area contributed by atoms with Crippen LogP contribution in [0.5, 0.6) is 0 Å². The van der Waals surface area contributed by atoms with Gasteiger partial charge >= 0.3 is 0 Å². The molecule has 2 N–H and O–H groups in total. The number of amides is 2. The fourth-order valence-electron chi connectivity index (χ4n) is 3.69. The lowest BCUT2D eigenvalue weighted by Crippen LogP contribution is -2.51. The first-order valence-electron chi connectivity index (χ1n) is 11.0. The molecule has 0 spiro atoms. The SMILES string of the molecule is O=C(CN1CCN(C(=O)c2ccc(Cl)c(S(=O)(=O)NCc3ccccc3)c2)CC1)NC1CC1. The van der Waals surface area contributed by atoms with Gasteiger partial charge in [0.25, 0.3) is 5.91 Å². The highest BCUT2D eigenvalue weighted by atomic mass is 35.5. The van der Waals surface area contributed by atoms with E-state index in [-0.39, 0.29) is 33.8 Å². The third-order valence-electron chi connectivity index (χ3n) is 5.75. The molecule has 1 aliphatic heterocycles. The molecular formula is C23H27ClN4O4S. The Morgan fingerprint density at radius 1 is 1.00 bits per heavy atom. The number of piperazine rings is 1. The predicted molar refractivity (Wildman–Crippen MR) is 125 cm³/mol. The third-order valence-corrected chi connectivity index (χ3v) is 7.63. The third kappa shape index (κ3) is 6.32. The highest BCUT2D eigenvalue weighted by molar-refractivity contribution is 7.89. The highest BCUT2D eigenvalue weighted by Gasteiger charge is 2.27. The van der Waals surface area contributed by atoms with E-state index in [1.807, 2.05) is 35.2 Å². The van der Waals surface area contributed by atoms with Gasteiger partial charge in [-0.25, -0.2) is 13.1 Å². The maximum atomic E-state index is 13.0. The van der Waals surface area contributed by atoms with E-state index in [4.69, 9.17) is 11.6 Å². The molecule has 2 aromatic rings. The van der Waals surface area contributed by atoms with Crippen LogP contribution in [0.15, 0.2) is 53.4 Å². The van der Waals surface area contributed by atoms with Crippen LogP contribution in [0, 0.1) is 0 Å². The maximum Gasteiger partial charge on any atom is 0.253 e. The molecule has 2 fully saturated rings. The average molecular weight is 491 g/mol. The van der Waals surface area contributed by atoms with E-state index in [1.165, 1.54) is 18.2 Å². The van der Waals surface area contributed by atoms with Crippen LogP contribution < -0.4 is 10.0 Å². The molecule has 0 atom stereocenters. The van der Waals surface area contributed by atoms with E-state index < -0.39 is 10.0 Å². The second-order valence-electron chi connectivity index (χ2n) is 8.37. The molecule has 0 bridgehead atoms. The number of halogens is 1. The van der Waals surface area contributed by atoms with Gasteiger partial charge in [-0.3, -0.25) is 14.5 Å². The van der Waals surface area contributed by atoms with Crippen molar-refractivity contribution in [1.82, 2.24) is 19.8 Å². The molecule has 0 aromatic heterocycles. The zero-order chi connectivity index (χ0) is 23.4. The minimum Gasteiger partial charge on any atom is -0.352 e. The van der Waals surface area contributed by atoms with Crippen molar-refractivity contribution in [2.45, 2.75) is 30.3 Å². The van der Waals surface area contributed by atoms with Gasteiger partial charge in [0.15, 0.2) is 0 Å². The number of rotatable bonds is 8. The molecule has 0 radical (unpaired) electrons. The van der Waals surface area contributed by atoms with Crippen molar-refractivity contribution >= 4 is 33.4 Å². The molecule has 10 heteroatoms. The Labute approximate surface area is 198 Å². The summed E-state index contributed by atoms with van der Waals surface area (Å²) in [6.07, 6.45) is 2.10. The number of nitrogens with zero attached hydrogens (tertiary/aromatic N) is 2. The molecule has 33 heavy (non-hydrogen) atoms. The number of benzene rings is 2. The molecule has 1 aliphatic carbocycles. The van der Waals surface area contributed by atoms with Crippen LogP contribution in [0.25, 0.3) is 0 Å². The minimum absolute atomic E-state index is 0.0211. The van der Waals surface area contributed by atoms with Crippen molar-refractivity contribution in [3.63, 3.8) is 0 Å². The monoisotopic (exact) mass is 490 g/mol. The van der Waals surface area contributed by atoms with Crippen LogP contribution in [0.4, 0.5) is 0 Å². The molecule has 8 nitrogen and oxygen atoms in total. The molecule has 176 valence electrons. The molecule has 0 unspecified atom stereocenters. The van der Waals surface area contributed by atoms with Crippen molar-refractivity contribution < 1.29 is 18.0 Å². The molecule has 2 aromatic carbocycles. The summed E-state index contributed by atoms with van der Waals surface area (Å²) in [5.41, 5.74) is 1.08. The van der Waals surface area contributed by atoms with Gasteiger partial charge in [-0.15, -0.1) is 0 Å². The molecule has 4 rings (SSSR count). The Hall–Kier alpha value is -2.46.